The van der Waals surface area contributed by atoms with Crippen molar-refractivity contribution in [1.29, 1.82) is 5.26 Å². The molecule has 1 spiro atoms. The van der Waals surface area contributed by atoms with Gasteiger partial charge in [-0.1, -0.05) is 19.3 Å². The molecule has 1 N–H and O–H groups in total. The molecule has 1 aliphatic carbocycles. The average molecular weight is 288 g/mol. The lowest BCUT2D eigenvalue weighted by Gasteiger charge is -2.44. The minimum atomic E-state index is -0.368. The molecule has 1 saturated carbocycles. The summed E-state index contributed by atoms with van der Waals surface area (Å²) >= 11 is 0. The van der Waals surface area contributed by atoms with Gasteiger partial charge in [-0.2, -0.15) is 5.26 Å². The van der Waals surface area contributed by atoms with Crippen LogP contribution >= 0.6 is 0 Å². The summed E-state index contributed by atoms with van der Waals surface area (Å²) in [6, 6.07) is 6.72. The van der Waals surface area contributed by atoms with Gasteiger partial charge in [0.2, 0.25) is 0 Å². The van der Waals surface area contributed by atoms with Crippen LogP contribution in [0.1, 0.15) is 50.5 Å². The Kier molecular flexibility index (Phi) is 4.12. The maximum absolute atomic E-state index is 13.2. The van der Waals surface area contributed by atoms with Crippen LogP contribution in [0.3, 0.4) is 0 Å². The van der Waals surface area contributed by atoms with E-state index in [9.17, 15) is 4.39 Å². The molecule has 0 amide bonds. The quantitative estimate of drug-likeness (QED) is 0.895. The normalized spacial score (nSPS) is 24.5. The second-order valence-electron chi connectivity index (χ2n) is 6.23. The first kappa shape index (κ1) is 14.3. The molecule has 3 rings (SSSR count). The Balaban J connectivity index is 1.71. The average Bonchev–Trinajstić information content (AvgIpc) is 2.50. The van der Waals surface area contributed by atoms with Gasteiger partial charge in [0.25, 0.3) is 0 Å². The van der Waals surface area contributed by atoms with E-state index < -0.39 is 0 Å². The van der Waals surface area contributed by atoms with Gasteiger partial charge in [-0.05, 0) is 43.9 Å². The third kappa shape index (κ3) is 3.19. The lowest BCUT2D eigenvalue weighted by Crippen LogP contribution is -2.45. The van der Waals surface area contributed by atoms with E-state index in [1.807, 2.05) is 0 Å². The van der Waals surface area contributed by atoms with Gasteiger partial charge in [0.15, 0.2) is 0 Å². The van der Waals surface area contributed by atoms with Crippen molar-refractivity contribution in [3.8, 4) is 6.07 Å². The zero-order chi connectivity index (χ0) is 14.7. The van der Waals surface area contributed by atoms with Crippen molar-refractivity contribution in [2.45, 2.75) is 56.6 Å². The maximum atomic E-state index is 13.2. The minimum Gasteiger partial charge on any atom is -0.381 e. The summed E-state index contributed by atoms with van der Waals surface area (Å²) in [6.07, 6.45) is 7.98. The molecule has 2 aliphatic rings. The van der Waals surface area contributed by atoms with E-state index >= 15 is 0 Å². The molecule has 1 aliphatic heterocycles. The van der Waals surface area contributed by atoms with Gasteiger partial charge < -0.3 is 10.1 Å². The van der Waals surface area contributed by atoms with Crippen LogP contribution in [0.2, 0.25) is 0 Å². The van der Waals surface area contributed by atoms with Crippen molar-refractivity contribution in [1.82, 2.24) is 0 Å². The Morgan fingerprint density at radius 3 is 2.86 bits per heavy atom. The zero-order valence-corrected chi connectivity index (χ0v) is 12.2. The molecule has 1 heterocycles. The number of rotatable bonds is 2. The van der Waals surface area contributed by atoms with Crippen molar-refractivity contribution < 1.29 is 9.13 Å². The molecule has 0 radical (unpaired) electrons. The van der Waals surface area contributed by atoms with Gasteiger partial charge in [-0.3, -0.25) is 0 Å². The van der Waals surface area contributed by atoms with E-state index in [0.717, 1.165) is 38.0 Å². The number of halogens is 1. The lowest BCUT2D eigenvalue weighted by atomic mass is 9.78. The molecule has 21 heavy (non-hydrogen) atoms. The number of benzene rings is 1. The fraction of sp³-hybridized carbons (Fsp3) is 0.588. The molecular weight excluding hydrogens is 267 g/mol. The molecule has 0 aromatic heterocycles. The highest BCUT2D eigenvalue weighted by atomic mass is 19.1. The first-order valence-electron chi connectivity index (χ1n) is 7.81. The molecule has 2 fully saturated rings. The molecule has 1 aromatic carbocycles. The highest BCUT2D eigenvalue weighted by Gasteiger charge is 2.38. The summed E-state index contributed by atoms with van der Waals surface area (Å²) < 4.78 is 19.3. The van der Waals surface area contributed by atoms with E-state index in [2.05, 4.69) is 11.4 Å². The number of ether oxygens (including phenoxy) is 1. The topological polar surface area (TPSA) is 45.0 Å². The molecule has 1 atom stereocenters. The van der Waals surface area contributed by atoms with E-state index in [1.165, 1.54) is 31.4 Å². The zero-order valence-electron chi connectivity index (χ0n) is 12.2. The molecular formula is C17H21FN2O. The van der Waals surface area contributed by atoms with Crippen LogP contribution in [0.5, 0.6) is 0 Å². The van der Waals surface area contributed by atoms with Gasteiger partial charge >= 0.3 is 0 Å². The second kappa shape index (κ2) is 6.03. The third-order valence-corrected chi connectivity index (χ3v) is 4.72. The van der Waals surface area contributed by atoms with Crippen LogP contribution in [-0.2, 0) is 4.74 Å². The third-order valence-electron chi connectivity index (χ3n) is 4.72. The molecule has 1 saturated heterocycles. The Morgan fingerprint density at radius 2 is 2.10 bits per heavy atom. The standard InChI is InChI=1S/C17H21FN2O/c18-14-4-5-16(13(10-14)12-19)20-15-6-9-21-17(11-15)7-2-1-3-8-17/h4-5,10,15,20H,1-3,6-9,11H2. The van der Waals surface area contributed by atoms with E-state index in [1.54, 1.807) is 6.07 Å². The van der Waals surface area contributed by atoms with Gasteiger partial charge in [-0.25, -0.2) is 4.39 Å². The molecule has 112 valence electrons. The Labute approximate surface area is 125 Å². The SMILES string of the molecule is N#Cc1cc(F)ccc1NC1CCOC2(CCCCC2)C1. The van der Waals surface area contributed by atoms with Crippen LogP contribution in [-0.4, -0.2) is 18.2 Å². The molecule has 4 heteroatoms. The number of hydrogen-bond acceptors (Lipinski definition) is 3. The Bertz CT molecular complexity index is 541. The lowest BCUT2D eigenvalue weighted by molar-refractivity contribution is -0.103. The highest BCUT2D eigenvalue weighted by molar-refractivity contribution is 5.58. The van der Waals surface area contributed by atoms with Gasteiger partial charge in [-0.15, -0.1) is 0 Å². The van der Waals surface area contributed by atoms with E-state index in [4.69, 9.17) is 10.00 Å². The van der Waals surface area contributed by atoms with Gasteiger partial charge in [0.05, 0.1) is 16.9 Å². The highest BCUT2D eigenvalue weighted by Crippen LogP contribution is 2.39. The summed E-state index contributed by atoms with van der Waals surface area (Å²) in [5, 5.41) is 12.6. The molecule has 1 aromatic rings. The van der Waals surface area contributed by atoms with Crippen molar-refractivity contribution in [2.24, 2.45) is 0 Å². The second-order valence-corrected chi connectivity index (χ2v) is 6.23. The molecule has 3 nitrogen and oxygen atoms in total. The van der Waals surface area contributed by atoms with Crippen LogP contribution < -0.4 is 5.32 Å². The number of anilines is 1. The maximum Gasteiger partial charge on any atom is 0.124 e. The fourth-order valence-electron chi connectivity index (χ4n) is 3.65. The number of hydrogen-bond donors (Lipinski definition) is 1. The first-order chi connectivity index (χ1) is 10.2. The monoisotopic (exact) mass is 288 g/mol. The number of nitriles is 1. The van der Waals surface area contributed by atoms with Crippen LogP contribution in [0, 0.1) is 17.1 Å². The smallest absolute Gasteiger partial charge is 0.124 e. The van der Waals surface area contributed by atoms with E-state index in [0.29, 0.717) is 11.6 Å². The van der Waals surface area contributed by atoms with Crippen LogP contribution in [0.4, 0.5) is 10.1 Å². The summed E-state index contributed by atoms with van der Waals surface area (Å²) in [4.78, 5) is 0. The predicted molar refractivity (Wildman–Crippen MR) is 79.5 cm³/mol. The van der Waals surface area contributed by atoms with Gasteiger partial charge in [0, 0.05) is 12.6 Å². The summed E-state index contributed by atoms with van der Waals surface area (Å²) in [6.45, 7) is 0.765. The number of nitrogens with zero attached hydrogens (tertiary/aromatic N) is 1. The minimum absolute atomic E-state index is 0.0288. The summed E-state index contributed by atoms with van der Waals surface area (Å²) in [5.74, 6) is -0.368. The molecule has 0 bridgehead atoms. The first-order valence-corrected chi connectivity index (χ1v) is 7.81. The van der Waals surface area contributed by atoms with Gasteiger partial charge in [0.1, 0.15) is 11.9 Å². The summed E-state index contributed by atoms with van der Waals surface area (Å²) in [5.41, 5.74) is 1.14. The van der Waals surface area contributed by atoms with E-state index in [-0.39, 0.29) is 11.4 Å². The fourth-order valence-corrected chi connectivity index (χ4v) is 3.65. The predicted octanol–water partition coefficient (Wildman–Crippen LogP) is 3.99. The van der Waals surface area contributed by atoms with Crippen molar-refractivity contribution in [3.63, 3.8) is 0 Å². The number of nitrogens with one attached hydrogen (secondary N) is 1. The molecule has 1 unspecified atom stereocenters. The van der Waals surface area contributed by atoms with Crippen molar-refractivity contribution in [3.05, 3.63) is 29.6 Å². The Morgan fingerprint density at radius 1 is 1.29 bits per heavy atom. The van der Waals surface area contributed by atoms with Crippen molar-refractivity contribution >= 4 is 5.69 Å². The largest absolute Gasteiger partial charge is 0.381 e. The van der Waals surface area contributed by atoms with Crippen LogP contribution in [0.25, 0.3) is 0 Å². The summed E-state index contributed by atoms with van der Waals surface area (Å²) in [7, 11) is 0. The van der Waals surface area contributed by atoms with Crippen LogP contribution in [0.15, 0.2) is 18.2 Å². The van der Waals surface area contributed by atoms with Crippen molar-refractivity contribution in [2.75, 3.05) is 11.9 Å². The Hall–Kier alpha value is -1.60.